The molecule has 1 aromatic heterocycles. The van der Waals surface area contributed by atoms with E-state index in [1.54, 1.807) is 11.3 Å². The molecule has 8 heteroatoms. The van der Waals surface area contributed by atoms with E-state index in [4.69, 9.17) is 4.74 Å². The van der Waals surface area contributed by atoms with Crippen LogP contribution in [0.15, 0.2) is 46.8 Å². The van der Waals surface area contributed by atoms with E-state index in [1.807, 2.05) is 30.0 Å². The van der Waals surface area contributed by atoms with Crippen LogP contribution in [0.5, 0.6) is 0 Å². The molecular formula is C23H33IN4O2S. The fraction of sp³-hybridized carbons (Fsp3) is 0.478. The molecular weight excluding hydrogens is 523 g/mol. The van der Waals surface area contributed by atoms with Crippen LogP contribution in [0.2, 0.25) is 0 Å². The first kappa shape index (κ1) is 25.6. The predicted octanol–water partition coefficient (Wildman–Crippen LogP) is 3.97. The third kappa shape index (κ3) is 8.08. The van der Waals surface area contributed by atoms with E-state index in [0.717, 1.165) is 32.5 Å². The molecule has 1 aromatic carbocycles. The molecule has 0 radical (unpaired) electrons. The lowest BCUT2D eigenvalue weighted by Crippen LogP contribution is -2.40. The normalized spacial score (nSPS) is 14.4. The third-order valence-electron chi connectivity index (χ3n) is 5.13. The van der Waals surface area contributed by atoms with Gasteiger partial charge in [-0.2, -0.15) is 0 Å². The number of benzene rings is 1. The second kappa shape index (κ2) is 13.7. The Bertz CT molecular complexity index is 828. The van der Waals surface area contributed by atoms with Gasteiger partial charge in [0.15, 0.2) is 5.96 Å². The molecule has 0 fully saturated rings. The molecule has 31 heavy (non-hydrogen) atoms. The summed E-state index contributed by atoms with van der Waals surface area (Å²) in [4.78, 5) is 20.4. The van der Waals surface area contributed by atoms with Gasteiger partial charge in [0, 0.05) is 37.7 Å². The van der Waals surface area contributed by atoms with Gasteiger partial charge in [-0.25, -0.2) is 4.99 Å². The van der Waals surface area contributed by atoms with Gasteiger partial charge in [0.05, 0.1) is 6.10 Å². The maximum Gasteiger partial charge on any atom is 0.244 e. The van der Waals surface area contributed by atoms with Gasteiger partial charge in [-0.1, -0.05) is 30.3 Å². The van der Waals surface area contributed by atoms with Gasteiger partial charge >= 0.3 is 0 Å². The summed E-state index contributed by atoms with van der Waals surface area (Å²) in [5, 5.41) is 8.61. The van der Waals surface area contributed by atoms with Crippen molar-refractivity contribution in [1.29, 1.82) is 0 Å². The number of hydrogen-bond donors (Lipinski definition) is 2. The van der Waals surface area contributed by atoms with Crippen molar-refractivity contribution in [2.45, 2.75) is 39.3 Å². The van der Waals surface area contributed by atoms with Crippen molar-refractivity contribution in [3.63, 3.8) is 0 Å². The standard InChI is InChI=1S/C23H32N4O2S.HI/c1-3-24-23(25-12-7-14-29-18(2)19-8-5-4-6-9-19)26-16-22(28)27-13-10-21-20(17-27)11-15-30-21;/h4-6,8-9,11,15,18H,3,7,10,12-14,16-17H2,1-2H3,(H2,24,25,26);1H. The quantitative estimate of drug-likeness (QED) is 0.212. The molecule has 2 N–H and O–H groups in total. The summed E-state index contributed by atoms with van der Waals surface area (Å²) in [6.07, 6.45) is 1.89. The van der Waals surface area contributed by atoms with Crippen molar-refractivity contribution in [3.05, 3.63) is 57.8 Å². The Morgan fingerprint density at radius 3 is 2.84 bits per heavy atom. The summed E-state index contributed by atoms with van der Waals surface area (Å²) in [6, 6.07) is 12.3. The highest BCUT2D eigenvalue weighted by molar-refractivity contribution is 14.0. The minimum atomic E-state index is 0. The summed E-state index contributed by atoms with van der Waals surface area (Å²) < 4.78 is 5.91. The fourth-order valence-electron chi connectivity index (χ4n) is 3.41. The summed E-state index contributed by atoms with van der Waals surface area (Å²) in [7, 11) is 0. The molecule has 0 spiro atoms. The number of carbonyl (C=O) groups is 1. The largest absolute Gasteiger partial charge is 0.374 e. The summed E-state index contributed by atoms with van der Waals surface area (Å²) in [5.74, 6) is 0.749. The minimum absolute atomic E-state index is 0. The second-order valence-corrected chi connectivity index (χ2v) is 8.33. The van der Waals surface area contributed by atoms with Crippen molar-refractivity contribution in [2.75, 3.05) is 32.8 Å². The summed E-state index contributed by atoms with van der Waals surface area (Å²) in [6.45, 7) is 7.89. The lowest BCUT2D eigenvalue weighted by molar-refractivity contribution is -0.130. The van der Waals surface area contributed by atoms with Crippen LogP contribution in [-0.4, -0.2) is 49.6 Å². The number of aliphatic imine (C=N–C) groups is 1. The molecule has 2 heterocycles. The number of nitrogens with zero attached hydrogens (tertiary/aromatic N) is 2. The molecule has 2 aromatic rings. The maximum atomic E-state index is 12.6. The zero-order chi connectivity index (χ0) is 21.2. The SMILES string of the molecule is CCNC(=NCC(=O)N1CCc2sccc2C1)NCCCOC(C)c1ccccc1.I. The number of rotatable bonds is 9. The number of thiophene rings is 1. The van der Waals surface area contributed by atoms with Gasteiger partial charge in [0.1, 0.15) is 6.54 Å². The van der Waals surface area contributed by atoms with Crippen LogP contribution in [0, 0.1) is 0 Å². The first-order valence-electron chi connectivity index (χ1n) is 10.7. The number of halogens is 1. The smallest absolute Gasteiger partial charge is 0.244 e. The zero-order valence-corrected chi connectivity index (χ0v) is 21.4. The van der Waals surface area contributed by atoms with Gasteiger partial charge in [-0.3, -0.25) is 4.79 Å². The predicted molar refractivity (Wildman–Crippen MR) is 138 cm³/mol. The van der Waals surface area contributed by atoms with Crippen molar-refractivity contribution >= 4 is 47.2 Å². The Kier molecular flexibility index (Phi) is 11.3. The molecule has 1 atom stereocenters. The van der Waals surface area contributed by atoms with E-state index in [9.17, 15) is 4.79 Å². The highest BCUT2D eigenvalue weighted by atomic mass is 127. The monoisotopic (exact) mass is 556 g/mol. The molecule has 0 aliphatic carbocycles. The minimum Gasteiger partial charge on any atom is -0.374 e. The van der Waals surface area contributed by atoms with E-state index in [1.165, 1.54) is 16.0 Å². The number of amides is 1. The molecule has 1 aliphatic rings. The zero-order valence-electron chi connectivity index (χ0n) is 18.3. The number of fused-ring (bicyclic) bond motifs is 1. The highest BCUT2D eigenvalue weighted by Crippen LogP contribution is 2.23. The van der Waals surface area contributed by atoms with Gasteiger partial charge < -0.3 is 20.3 Å². The van der Waals surface area contributed by atoms with E-state index in [2.05, 4.69) is 46.1 Å². The number of guanidine groups is 1. The first-order valence-corrected chi connectivity index (χ1v) is 11.6. The molecule has 0 saturated carbocycles. The van der Waals surface area contributed by atoms with Gasteiger partial charge in [-0.05, 0) is 49.3 Å². The average Bonchev–Trinajstić information content (AvgIpc) is 3.25. The third-order valence-corrected chi connectivity index (χ3v) is 6.15. The Morgan fingerprint density at radius 2 is 2.06 bits per heavy atom. The summed E-state index contributed by atoms with van der Waals surface area (Å²) in [5.41, 5.74) is 2.46. The van der Waals surface area contributed by atoms with Gasteiger partial charge in [0.25, 0.3) is 0 Å². The Labute approximate surface area is 206 Å². The van der Waals surface area contributed by atoms with Crippen LogP contribution in [-0.2, 0) is 22.5 Å². The molecule has 170 valence electrons. The molecule has 0 saturated heterocycles. The number of hydrogen-bond acceptors (Lipinski definition) is 4. The van der Waals surface area contributed by atoms with Crippen LogP contribution < -0.4 is 10.6 Å². The lowest BCUT2D eigenvalue weighted by Gasteiger charge is -2.26. The fourth-order valence-corrected chi connectivity index (χ4v) is 4.30. The van der Waals surface area contributed by atoms with Crippen LogP contribution in [0.1, 0.15) is 42.4 Å². The number of nitrogens with one attached hydrogen (secondary N) is 2. The van der Waals surface area contributed by atoms with Crippen molar-refractivity contribution in [3.8, 4) is 0 Å². The molecule has 0 bridgehead atoms. The summed E-state index contributed by atoms with van der Waals surface area (Å²) >= 11 is 1.78. The van der Waals surface area contributed by atoms with E-state index in [0.29, 0.717) is 19.1 Å². The van der Waals surface area contributed by atoms with Crippen molar-refractivity contribution in [1.82, 2.24) is 15.5 Å². The van der Waals surface area contributed by atoms with Gasteiger partial charge in [0.2, 0.25) is 5.91 Å². The van der Waals surface area contributed by atoms with E-state index in [-0.39, 0.29) is 42.5 Å². The Balaban J connectivity index is 0.00000341. The molecule has 1 aliphatic heterocycles. The number of carbonyl (C=O) groups excluding carboxylic acids is 1. The first-order chi connectivity index (χ1) is 14.7. The molecule has 6 nitrogen and oxygen atoms in total. The van der Waals surface area contributed by atoms with Crippen molar-refractivity contribution in [2.24, 2.45) is 4.99 Å². The van der Waals surface area contributed by atoms with E-state index >= 15 is 0 Å². The Morgan fingerprint density at radius 1 is 1.26 bits per heavy atom. The Hall–Kier alpha value is -1.65. The van der Waals surface area contributed by atoms with Crippen LogP contribution in [0.4, 0.5) is 0 Å². The maximum absolute atomic E-state index is 12.6. The van der Waals surface area contributed by atoms with Crippen LogP contribution >= 0.6 is 35.3 Å². The van der Waals surface area contributed by atoms with Gasteiger partial charge in [-0.15, -0.1) is 35.3 Å². The average molecular weight is 557 g/mol. The molecule has 1 unspecified atom stereocenters. The van der Waals surface area contributed by atoms with Crippen molar-refractivity contribution < 1.29 is 9.53 Å². The van der Waals surface area contributed by atoms with E-state index < -0.39 is 0 Å². The molecule has 3 rings (SSSR count). The highest BCUT2D eigenvalue weighted by Gasteiger charge is 2.21. The lowest BCUT2D eigenvalue weighted by atomic mass is 10.1. The van der Waals surface area contributed by atoms with Crippen LogP contribution in [0.25, 0.3) is 0 Å². The molecule has 1 amide bonds. The van der Waals surface area contributed by atoms with Crippen LogP contribution in [0.3, 0.4) is 0 Å². The number of ether oxygens (including phenoxy) is 1. The second-order valence-electron chi connectivity index (χ2n) is 7.33. The topological polar surface area (TPSA) is 66.0 Å².